The van der Waals surface area contributed by atoms with Crippen molar-refractivity contribution >= 4 is 17.4 Å². The molecule has 0 spiro atoms. The van der Waals surface area contributed by atoms with Gasteiger partial charge in [0, 0.05) is 46.8 Å². The molecule has 1 N–H and O–H groups in total. The van der Waals surface area contributed by atoms with Gasteiger partial charge in [-0.3, -0.25) is 0 Å². The highest BCUT2D eigenvalue weighted by Gasteiger charge is 2.42. The van der Waals surface area contributed by atoms with Crippen LogP contribution in [0.4, 0.5) is 5.69 Å². The molecule has 3 aliphatic rings. The van der Waals surface area contributed by atoms with Crippen LogP contribution in [0.2, 0.25) is 0 Å². The summed E-state index contributed by atoms with van der Waals surface area (Å²) in [4.78, 5) is 4.25. The van der Waals surface area contributed by atoms with Crippen molar-refractivity contribution < 1.29 is 4.74 Å². The summed E-state index contributed by atoms with van der Waals surface area (Å²) in [7, 11) is 0. The number of benzene rings is 2. The highest BCUT2D eigenvalue weighted by molar-refractivity contribution is 7.99. The number of rotatable bonds is 3. The Morgan fingerprint density at radius 2 is 2.04 bits per heavy atom. The largest absolute Gasteiger partial charge is 0.493 e. The molecule has 3 nitrogen and oxygen atoms in total. The van der Waals surface area contributed by atoms with E-state index < -0.39 is 0 Å². The molecular formula is C23H28N2OS. The van der Waals surface area contributed by atoms with Crippen LogP contribution in [0.1, 0.15) is 37.7 Å². The highest BCUT2D eigenvalue weighted by atomic mass is 32.2. The molecule has 2 unspecified atom stereocenters. The Kier molecular flexibility index (Phi) is 4.78. The van der Waals surface area contributed by atoms with Crippen LogP contribution in [0.3, 0.4) is 0 Å². The first-order chi connectivity index (χ1) is 13.4. The lowest BCUT2D eigenvalue weighted by molar-refractivity contribution is 0.341. The maximum absolute atomic E-state index is 6.00. The van der Waals surface area contributed by atoms with Crippen LogP contribution < -0.4 is 15.0 Å². The van der Waals surface area contributed by atoms with Crippen molar-refractivity contribution in [2.45, 2.75) is 43.0 Å². The lowest BCUT2D eigenvalue weighted by Gasteiger charge is -2.29. The SMILES string of the molecule is CCOc1ccccc1-c1ccc2c3c1N1CCNCCC1C3CCCS2. The van der Waals surface area contributed by atoms with E-state index in [2.05, 4.69) is 65.3 Å². The Balaban J connectivity index is 1.72. The van der Waals surface area contributed by atoms with Gasteiger partial charge in [-0.15, -0.1) is 11.8 Å². The second-order valence-electron chi connectivity index (χ2n) is 7.70. The summed E-state index contributed by atoms with van der Waals surface area (Å²) in [6, 6.07) is 13.9. The molecule has 142 valence electrons. The van der Waals surface area contributed by atoms with Crippen LogP contribution in [0, 0.1) is 0 Å². The van der Waals surface area contributed by atoms with Gasteiger partial charge in [-0.05, 0) is 56.2 Å². The number of nitrogens with zero attached hydrogens (tertiary/aromatic N) is 1. The van der Waals surface area contributed by atoms with Gasteiger partial charge in [0.1, 0.15) is 5.75 Å². The van der Waals surface area contributed by atoms with Gasteiger partial charge in [-0.1, -0.05) is 24.3 Å². The predicted molar refractivity (Wildman–Crippen MR) is 114 cm³/mol. The molecule has 0 saturated carbocycles. The van der Waals surface area contributed by atoms with Gasteiger partial charge >= 0.3 is 0 Å². The van der Waals surface area contributed by atoms with E-state index in [1.165, 1.54) is 46.7 Å². The highest BCUT2D eigenvalue weighted by Crippen LogP contribution is 2.55. The third-order valence-electron chi connectivity index (χ3n) is 6.24. The Labute approximate surface area is 166 Å². The zero-order valence-electron chi connectivity index (χ0n) is 16.0. The Hall–Kier alpha value is -1.65. The first-order valence-electron chi connectivity index (χ1n) is 10.4. The van der Waals surface area contributed by atoms with Gasteiger partial charge < -0.3 is 15.0 Å². The van der Waals surface area contributed by atoms with E-state index in [1.54, 1.807) is 5.56 Å². The molecule has 1 saturated heterocycles. The third kappa shape index (κ3) is 2.94. The zero-order valence-corrected chi connectivity index (χ0v) is 16.9. The standard InChI is InChI=1S/C23H28N2OS/c1-2-26-20-8-4-3-6-16(20)17-9-10-21-22-18(7-5-15-27-21)19-11-12-24-13-14-25(19)23(17)22/h3-4,6,8-10,18-19,24H,2,5,7,11-15H2,1H3. The van der Waals surface area contributed by atoms with Gasteiger partial charge in [-0.25, -0.2) is 0 Å². The van der Waals surface area contributed by atoms with E-state index in [1.807, 2.05) is 0 Å². The first kappa shape index (κ1) is 17.4. The van der Waals surface area contributed by atoms with Gasteiger partial charge in [0.05, 0.1) is 6.61 Å². The first-order valence-corrected chi connectivity index (χ1v) is 11.4. The topological polar surface area (TPSA) is 24.5 Å². The maximum atomic E-state index is 6.00. The molecule has 2 aromatic rings. The number of nitrogens with one attached hydrogen (secondary N) is 1. The Bertz CT molecular complexity index is 837. The van der Waals surface area contributed by atoms with Crippen molar-refractivity contribution in [1.82, 2.24) is 5.32 Å². The van der Waals surface area contributed by atoms with E-state index in [9.17, 15) is 0 Å². The fourth-order valence-electron chi connectivity index (χ4n) is 5.18. The van der Waals surface area contributed by atoms with E-state index in [0.29, 0.717) is 18.6 Å². The molecule has 2 aromatic carbocycles. The van der Waals surface area contributed by atoms with E-state index in [4.69, 9.17) is 4.74 Å². The third-order valence-corrected chi connectivity index (χ3v) is 7.40. The van der Waals surface area contributed by atoms with Crippen molar-refractivity contribution in [1.29, 1.82) is 0 Å². The molecule has 27 heavy (non-hydrogen) atoms. The smallest absolute Gasteiger partial charge is 0.127 e. The Morgan fingerprint density at radius 3 is 2.96 bits per heavy atom. The number of hydrogen-bond donors (Lipinski definition) is 1. The van der Waals surface area contributed by atoms with Crippen LogP contribution in [0.5, 0.6) is 5.75 Å². The number of thioether (sulfide) groups is 1. The van der Waals surface area contributed by atoms with E-state index in [-0.39, 0.29) is 0 Å². The fraction of sp³-hybridized carbons (Fsp3) is 0.478. The van der Waals surface area contributed by atoms with Crippen molar-refractivity contribution in [3.8, 4) is 16.9 Å². The number of para-hydroxylation sites is 1. The minimum absolute atomic E-state index is 0.646. The summed E-state index contributed by atoms with van der Waals surface area (Å²) in [6.45, 7) is 6.08. The zero-order chi connectivity index (χ0) is 18.2. The summed E-state index contributed by atoms with van der Waals surface area (Å²) in [5.41, 5.74) is 5.72. The van der Waals surface area contributed by atoms with Crippen LogP contribution in [-0.4, -0.2) is 38.0 Å². The summed E-state index contributed by atoms with van der Waals surface area (Å²) in [5.74, 6) is 2.94. The molecule has 2 atom stereocenters. The van der Waals surface area contributed by atoms with Crippen molar-refractivity contribution in [3.05, 3.63) is 42.0 Å². The number of anilines is 1. The minimum Gasteiger partial charge on any atom is -0.493 e. The van der Waals surface area contributed by atoms with Crippen LogP contribution in [0.15, 0.2) is 41.3 Å². The maximum Gasteiger partial charge on any atom is 0.127 e. The summed E-state index contributed by atoms with van der Waals surface area (Å²) in [5, 5.41) is 3.62. The number of ether oxygens (including phenoxy) is 1. The molecule has 1 fully saturated rings. The van der Waals surface area contributed by atoms with Crippen LogP contribution in [-0.2, 0) is 0 Å². The normalized spacial score (nSPS) is 24.0. The van der Waals surface area contributed by atoms with E-state index >= 15 is 0 Å². The predicted octanol–water partition coefficient (Wildman–Crippen LogP) is 4.90. The average molecular weight is 381 g/mol. The molecule has 0 aliphatic carbocycles. The van der Waals surface area contributed by atoms with Gasteiger partial charge in [-0.2, -0.15) is 0 Å². The Morgan fingerprint density at radius 1 is 1.11 bits per heavy atom. The number of fused-ring (bicyclic) bond motifs is 3. The average Bonchev–Trinajstić information content (AvgIpc) is 2.89. The van der Waals surface area contributed by atoms with Crippen molar-refractivity contribution in [2.75, 3.05) is 36.9 Å². The molecule has 0 radical (unpaired) electrons. The van der Waals surface area contributed by atoms with Gasteiger partial charge in [0.2, 0.25) is 0 Å². The molecular weight excluding hydrogens is 352 g/mol. The molecule has 4 heteroatoms. The van der Waals surface area contributed by atoms with Crippen molar-refractivity contribution in [2.24, 2.45) is 0 Å². The van der Waals surface area contributed by atoms with Crippen molar-refractivity contribution in [3.63, 3.8) is 0 Å². The summed E-state index contributed by atoms with van der Waals surface area (Å²) in [6.07, 6.45) is 3.90. The lowest BCUT2D eigenvalue weighted by atomic mass is 9.88. The van der Waals surface area contributed by atoms with Crippen LogP contribution >= 0.6 is 11.8 Å². The minimum atomic E-state index is 0.646. The number of hydrogen-bond acceptors (Lipinski definition) is 4. The lowest BCUT2D eigenvalue weighted by Crippen LogP contribution is -2.35. The summed E-state index contributed by atoms with van der Waals surface area (Å²) >= 11 is 2.06. The molecule has 3 heterocycles. The second-order valence-corrected chi connectivity index (χ2v) is 8.84. The van der Waals surface area contributed by atoms with Gasteiger partial charge in [0.15, 0.2) is 0 Å². The molecule has 5 rings (SSSR count). The summed E-state index contributed by atoms with van der Waals surface area (Å²) < 4.78 is 6.00. The molecule has 3 aliphatic heterocycles. The second kappa shape index (κ2) is 7.40. The monoisotopic (exact) mass is 380 g/mol. The quantitative estimate of drug-likeness (QED) is 0.818. The molecule has 0 bridgehead atoms. The fourth-order valence-corrected chi connectivity index (χ4v) is 6.28. The van der Waals surface area contributed by atoms with E-state index in [0.717, 1.165) is 25.4 Å². The molecule has 0 aromatic heterocycles. The van der Waals surface area contributed by atoms with Gasteiger partial charge in [0.25, 0.3) is 0 Å². The van der Waals surface area contributed by atoms with Crippen LogP contribution in [0.25, 0.3) is 11.1 Å². The molecule has 0 amide bonds.